The average Bonchev–Trinajstić information content (AvgIpc) is 3.12. The predicted octanol–water partition coefficient (Wildman–Crippen LogP) is 2.76. The number of hydrogen-bond acceptors (Lipinski definition) is 4. The van der Waals surface area contributed by atoms with E-state index in [2.05, 4.69) is 43.0 Å². The molecule has 174 valence electrons. The van der Waals surface area contributed by atoms with E-state index in [4.69, 9.17) is 0 Å². The Balaban J connectivity index is 1.62. The first kappa shape index (κ1) is 23.8. The van der Waals surface area contributed by atoms with Gasteiger partial charge in [0.25, 0.3) is 0 Å². The van der Waals surface area contributed by atoms with E-state index in [0.717, 1.165) is 63.3 Å². The number of hydrogen-bond donors (Lipinski definition) is 2. The summed E-state index contributed by atoms with van der Waals surface area (Å²) in [6, 6.07) is -0.507. The first-order valence-electron chi connectivity index (χ1n) is 12.1. The van der Waals surface area contributed by atoms with E-state index in [1.807, 2.05) is 22.9 Å². The molecule has 0 bridgehead atoms. The highest BCUT2D eigenvalue weighted by Gasteiger charge is 2.39. The third-order valence-electron chi connectivity index (χ3n) is 6.55. The Morgan fingerprint density at radius 3 is 2.45 bits per heavy atom. The van der Waals surface area contributed by atoms with E-state index >= 15 is 0 Å². The van der Waals surface area contributed by atoms with Crippen molar-refractivity contribution in [3.63, 3.8) is 0 Å². The number of carbonyl (C=O) groups is 2. The highest BCUT2D eigenvalue weighted by atomic mass is 16.2. The standard InChI is InChI=1S/C24H41N5O2/c1-16(2)12-20-23(30)29(11-8-25-20)21(13-17(3)4)24(31)28-9-6-19(7-10-28)14-22-26-15-18(5)27-22/h15-17,19-21,25H,6-14H2,1-5H3,(H,26,27)/t20-,21-/m0/s1. The minimum absolute atomic E-state index is 0.0991. The van der Waals surface area contributed by atoms with Crippen LogP contribution in [0.5, 0.6) is 0 Å². The molecule has 31 heavy (non-hydrogen) atoms. The number of imidazole rings is 1. The molecule has 3 heterocycles. The number of H-pyrrole nitrogens is 1. The van der Waals surface area contributed by atoms with Gasteiger partial charge in [-0.1, -0.05) is 27.7 Å². The van der Waals surface area contributed by atoms with Crippen molar-refractivity contribution in [2.24, 2.45) is 17.8 Å². The van der Waals surface area contributed by atoms with Crippen molar-refractivity contribution in [2.45, 2.75) is 78.8 Å². The maximum atomic E-state index is 13.6. The largest absolute Gasteiger partial charge is 0.348 e. The first-order chi connectivity index (χ1) is 14.7. The fourth-order valence-electron chi connectivity index (χ4n) is 4.94. The van der Waals surface area contributed by atoms with Gasteiger partial charge < -0.3 is 20.1 Å². The van der Waals surface area contributed by atoms with Gasteiger partial charge in [0.2, 0.25) is 11.8 Å². The van der Waals surface area contributed by atoms with Crippen molar-refractivity contribution in [1.29, 1.82) is 0 Å². The summed E-state index contributed by atoms with van der Waals surface area (Å²) < 4.78 is 0. The lowest BCUT2D eigenvalue weighted by molar-refractivity contribution is -0.150. The molecular weight excluding hydrogens is 390 g/mol. The number of nitrogens with zero attached hydrogens (tertiary/aromatic N) is 3. The van der Waals surface area contributed by atoms with Gasteiger partial charge in [-0.15, -0.1) is 0 Å². The summed E-state index contributed by atoms with van der Waals surface area (Å²) in [6.07, 6.45) is 6.41. The lowest BCUT2D eigenvalue weighted by Gasteiger charge is -2.42. The van der Waals surface area contributed by atoms with E-state index in [1.165, 1.54) is 0 Å². The number of piperidine rings is 1. The molecule has 2 saturated heterocycles. The van der Waals surface area contributed by atoms with E-state index in [9.17, 15) is 9.59 Å². The smallest absolute Gasteiger partial charge is 0.245 e. The maximum absolute atomic E-state index is 13.6. The molecule has 0 unspecified atom stereocenters. The molecule has 1 aromatic heterocycles. The molecule has 2 aliphatic heterocycles. The zero-order valence-electron chi connectivity index (χ0n) is 20.0. The van der Waals surface area contributed by atoms with E-state index in [0.29, 0.717) is 24.3 Å². The minimum atomic E-state index is -0.339. The van der Waals surface area contributed by atoms with Crippen LogP contribution < -0.4 is 5.32 Å². The number of amides is 2. The summed E-state index contributed by atoms with van der Waals surface area (Å²) in [7, 11) is 0. The summed E-state index contributed by atoms with van der Waals surface area (Å²) in [5.41, 5.74) is 1.02. The lowest BCUT2D eigenvalue weighted by atomic mass is 9.91. The molecule has 0 radical (unpaired) electrons. The van der Waals surface area contributed by atoms with Gasteiger partial charge in [0.05, 0.1) is 11.7 Å². The molecule has 2 fully saturated rings. The number of aromatic amines is 1. The normalized spacial score (nSPS) is 21.9. The molecular formula is C24H41N5O2. The summed E-state index contributed by atoms with van der Waals surface area (Å²) >= 11 is 0. The number of aromatic nitrogens is 2. The van der Waals surface area contributed by atoms with Crippen LogP contribution in [0, 0.1) is 24.7 Å². The Kier molecular flexibility index (Phi) is 8.14. The van der Waals surface area contributed by atoms with Crippen LogP contribution in [-0.2, 0) is 16.0 Å². The van der Waals surface area contributed by atoms with E-state index in [-0.39, 0.29) is 23.9 Å². The number of nitrogens with one attached hydrogen (secondary N) is 2. The Morgan fingerprint density at radius 1 is 1.16 bits per heavy atom. The molecule has 2 amide bonds. The number of piperazine rings is 1. The van der Waals surface area contributed by atoms with Gasteiger partial charge in [-0.2, -0.15) is 0 Å². The van der Waals surface area contributed by atoms with Gasteiger partial charge in [-0.05, 0) is 50.4 Å². The highest BCUT2D eigenvalue weighted by molar-refractivity contribution is 5.90. The molecule has 0 saturated carbocycles. The van der Waals surface area contributed by atoms with Crippen LogP contribution in [-0.4, -0.2) is 69.8 Å². The summed E-state index contributed by atoms with van der Waals surface area (Å²) in [5.74, 6) is 2.64. The van der Waals surface area contributed by atoms with Crippen molar-refractivity contribution >= 4 is 11.8 Å². The molecule has 2 aliphatic rings. The highest BCUT2D eigenvalue weighted by Crippen LogP contribution is 2.25. The second-order valence-electron chi connectivity index (χ2n) is 10.3. The van der Waals surface area contributed by atoms with Gasteiger partial charge in [0, 0.05) is 38.8 Å². The molecule has 0 aromatic carbocycles. The third kappa shape index (κ3) is 6.31. The van der Waals surface area contributed by atoms with Crippen molar-refractivity contribution in [2.75, 3.05) is 26.2 Å². The molecule has 7 nitrogen and oxygen atoms in total. The first-order valence-corrected chi connectivity index (χ1v) is 12.1. The SMILES string of the molecule is Cc1c[nH]c(CC2CCN(C(=O)[C@H](CC(C)C)N3CCN[C@@H](CC(C)C)C3=O)CC2)n1. The summed E-state index contributed by atoms with van der Waals surface area (Å²) in [4.78, 5) is 38.4. The van der Waals surface area contributed by atoms with Crippen molar-refractivity contribution in [1.82, 2.24) is 25.1 Å². The van der Waals surface area contributed by atoms with Crippen molar-refractivity contribution in [3.05, 3.63) is 17.7 Å². The third-order valence-corrected chi connectivity index (χ3v) is 6.55. The van der Waals surface area contributed by atoms with Crippen LogP contribution in [0.15, 0.2) is 6.20 Å². The van der Waals surface area contributed by atoms with Crippen molar-refractivity contribution < 1.29 is 9.59 Å². The number of aryl methyl sites for hydroxylation is 1. The van der Waals surface area contributed by atoms with Crippen LogP contribution in [0.3, 0.4) is 0 Å². The van der Waals surface area contributed by atoms with Gasteiger partial charge >= 0.3 is 0 Å². The Hall–Kier alpha value is -1.89. The molecule has 3 rings (SSSR count). The van der Waals surface area contributed by atoms with E-state index < -0.39 is 0 Å². The maximum Gasteiger partial charge on any atom is 0.245 e. The monoisotopic (exact) mass is 431 g/mol. The van der Waals surface area contributed by atoms with Crippen LogP contribution in [0.1, 0.15) is 64.9 Å². The molecule has 7 heteroatoms. The zero-order chi connectivity index (χ0) is 22.5. The van der Waals surface area contributed by atoms with Gasteiger partial charge in [-0.25, -0.2) is 4.98 Å². The molecule has 0 aliphatic carbocycles. The van der Waals surface area contributed by atoms with Crippen molar-refractivity contribution in [3.8, 4) is 0 Å². The minimum Gasteiger partial charge on any atom is -0.348 e. The van der Waals surface area contributed by atoms with Gasteiger partial charge in [0.1, 0.15) is 11.9 Å². The average molecular weight is 432 g/mol. The van der Waals surface area contributed by atoms with Gasteiger partial charge in [0.15, 0.2) is 0 Å². The number of likely N-dealkylation sites (tertiary alicyclic amines) is 1. The number of rotatable bonds is 8. The topological polar surface area (TPSA) is 81.3 Å². The summed E-state index contributed by atoms with van der Waals surface area (Å²) in [5, 5.41) is 3.36. The zero-order valence-corrected chi connectivity index (χ0v) is 20.0. The van der Waals surface area contributed by atoms with Crippen LogP contribution in [0.4, 0.5) is 0 Å². The van der Waals surface area contributed by atoms with Crippen LogP contribution in [0.25, 0.3) is 0 Å². The second kappa shape index (κ2) is 10.6. The lowest BCUT2D eigenvalue weighted by Crippen LogP contribution is -2.62. The quantitative estimate of drug-likeness (QED) is 0.663. The Bertz CT molecular complexity index is 736. The predicted molar refractivity (Wildman–Crippen MR) is 123 cm³/mol. The number of carbonyl (C=O) groups excluding carboxylic acids is 2. The molecule has 2 N–H and O–H groups in total. The molecule has 0 spiro atoms. The molecule has 2 atom stereocenters. The Morgan fingerprint density at radius 2 is 1.87 bits per heavy atom. The Labute approximate surface area is 187 Å². The van der Waals surface area contributed by atoms with Crippen LogP contribution in [0.2, 0.25) is 0 Å². The van der Waals surface area contributed by atoms with E-state index in [1.54, 1.807) is 0 Å². The van der Waals surface area contributed by atoms with Gasteiger partial charge in [-0.3, -0.25) is 9.59 Å². The molecule has 1 aromatic rings. The second-order valence-corrected chi connectivity index (χ2v) is 10.3. The fourth-order valence-corrected chi connectivity index (χ4v) is 4.94. The fraction of sp³-hybridized carbons (Fsp3) is 0.792. The summed E-state index contributed by atoms with van der Waals surface area (Å²) in [6.45, 7) is 13.5. The van der Waals surface area contributed by atoms with Crippen LogP contribution >= 0.6 is 0 Å².